The predicted octanol–water partition coefficient (Wildman–Crippen LogP) is 7.98. The SMILES string of the molecule is CCCCc1oc2ccc(NS(C)(=O)=O)cc2c1C(=O)c1ccc(OCCCN(CCCC)CCCC)cc1.O=S(=O)(O)c1ccccc1. The Hall–Kier alpha value is -3.71. The largest absolute Gasteiger partial charge is 0.494 e. The second-order valence-electron chi connectivity index (χ2n) is 12.0. The van der Waals surface area contributed by atoms with E-state index >= 15 is 0 Å². The number of fused-ring (bicyclic) bond motifs is 1. The first-order chi connectivity index (χ1) is 23.4. The van der Waals surface area contributed by atoms with Gasteiger partial charge in [0.25, 0.3) is 10.1 Å². The highest BCUT2D eigenvalue weighted by Gasteiger charge is 2.22. The number of hydrogen-bond donors (Lipinski definition) is 2. The molecule has 0 atom stereocenters. The van der Waals surface area contributed by atoms with Gasteiger partial charge in [0.15, 0.2) is 5.78 Å². The lowest BCUT2D eigenvalue weighted by Crippen LogP contribution is -2.28. The van der Waals surface area contributed by atoms with Crippen molar-refractivity contribution >= 4 is 42.6 Å². The van der Waals surface area contributed by atoms with E-state index in [-0.39, 0.29) is 10.7 Å². The van der Waals surface area contributed by atoms with Gasteiger partial charge >= 0.3 is 0 Å². The number of ether oxygens (including phenoxy) is 1. The molecule has 0 spiro atoms. The molecule has 0 amide bonds. The fraction of sp³-hybridized carbons (Fsp3) is 0.432. The number of carbonyl (C=O) groups is 1. The third kappa shape index (κ3) is 13.3. The lowest BCUT2D eigenvalue weighted by Gasteiger charge is -2.21. The maximum absolute atomic E-state index is 13.7. The fourth-order valence-electron chi connectivity index (χ4n) is 5.20. The molecule has 4 aromatic rings. The van der Waals surface area contributed by atoms with Crippen LogP contribution in [0.5, 0.6) is 5.75 Å². The highest BCUT2D eigenvalue weighted by Crippen LogP contribution is 2.32. The molecular formula is C37H50N2O8S2. The summed E-state index contributed by atoms with van der Waals surface area (Å²) in [5, 5.41) is 0.607. The van der Waals surface area contributed by atoms with Gasteiger partial charge in [0.2, 0.25) is 10.0 Å². The third-order valence-corrected chi connectivity index (χ3v) is 9.22. The summed E-state index contributed by atoms with van der Waals surface area (Å²) in [6, 6.07) is 19.7. The van der Waals surface area contributed by atoms with E-state index in [0.717, 1.165) is 50.9 Å². The van der Waals surface area contributed by atoms with E-state index in [1.165, 1.54) is 37.8 Å². The van der Waals surface area contributed by atoms with E-state index in [1.54, 1.807) is 48.5 Å². The van der Waals surface area contributed by atoms with Crippen LogP contribution in [-0.4, -0.2) is 64.6 Å². The number of benzene rings is 3. The lowest BCUT2D eigenvalue weighted by molar-refractivity contribution is 0.103. The minimum Gasteiger partial charge on any atom is -0.494 e. The molecule has 1 aromatic heterocycles. The van der Waals surface area contributed by atoms with E-state index in [0.29, 0.717) is 46.6 Å². The highest BCUT2D eigenvalue weighted by atomic mass is 32.2. The minimum atomic E-state index is -4.00. The molecule has 0 fully saturated rings. The number of nitrogens with zero attached hydrogens (tertiary/aromatic N) is 1. The fourth-order valence-corrected chi connectivity index (χ4v) is 6.26. The lowest BCUT2D eigenvalue weighted by atomic mass is 9.98. The van der Waals surface area contributed by atoms with Crippen LogP contribution < -0.4 is 9.46 Å². The Balaban J connectivity index is 0.000000555. The van der Waals surface area contributed by atoms with Crippen LogP contribution in [0.1, 0.15) is 87.4 Å². The van der Waals surface area contributed by atoms with Crippen molar-refractivity contribution in [2.45, 2.75) is 77.0 Å². The van der Waals surface area contributed by atoms with Gasteiger partial charge in [-0.05, 0) is 93.4 Å². The molecule has 49 heavy (non-hydrogen) atoms. The van der Waals surface area contributed by atoms with Crippen molar-refractivity contribution in [3.05, 3.63) is 89.7 Å². The maximum atomic E-state index is 13.7. The summed E-state index contributed by atoms with van der Waals surface area (Å²) in [4.78, 5) is 16.1. The Morgan fingerprint density at radius 3 is 1.98 bits per heavy atom. The van der Waals surface area contributed by atoms with E-state index < -0.39 is 20.1 Å². The van der Waals surface area contributed by atoms with Crippen molar-refractivity contribution in [2.75, 3.05) is 37.2 Å². The number of anilines is 1. The summed E-state index contributed by atoms with van der Waals surface area (Å²) in [6.07, 6.45) is 9.40. The van der Waals surface area contributed by atoms with Crippen molar-refractivity contribution < 1.29 is 35.3 Å². The van der Waals surface area contributed by atoms with Crippen LogP contribution in [0.4, 0.5) is 5.69 Å². The van der Waals surface area contributed by atoms with E-state index in [1.807, 2.05) is 12.1 Å². The average molecular weight is 715 g/mol. The molecule has 0 radical (unpaired) electrons. The Labute approximate surface area is 291 Å². The Kier molecular flexibility index (Phi) is 15.8. The van der Waals surface area contributed by atoms with Gasteiger partial charge in [0, 0.05) is 29.6 Å². The van der Waals surface area contributed by atoms with Crippen molar-refractivity contribution in [3.8, 4) is 5.75 Å². The molecule has 10 nitrogen and oxygen atoms in total. The van der Waals surface area contributed by atoms with Gasteiger partial charge in [0.05, 0.1) is 23.3 Å². The molecule has 0 unspecified atom stereocenters. The summed E-state index contributed by atoms with van der Waals surface area (Å²) < 4.78 is 67.3. The van der Waals surface area contributed by atoms with Crippen LogP contribution in [0.25, 0.3) is 11.0 Å². The zero-order valence-corrected chi connectivity index (χ0v) is 30.6. The van der Waals surface area contributed by atoms with Gasteiger partial charge in [-0.15, -0.1) is 0 Å². The Morgan fingerprint density at radius 2 is 1.43 bits per heavy atom. The quantitative estimate of drug-likeness (QED) is 0.0561. The number of carbonyl (C=O) groups excluding carboxylic acids is 1. The van der Waals surface area contributed by atoms with Crippen LogP contribution in [-0.2, 0) is 26.6 Å². The number of sulfonamides is 1. The third-order valence-electron chi connectivity index (χ3n) is 7.75. The monoisotopic (exact) mass is 714 g/mol. The second-order valence-corrected chi connectivity index (χ2v) is 15.2. The van der Waals surface area contributed by atoms with Crippen LogP contribution in [0, 0.1) is 0 Å². The molecule has 1 heterocycles. The molecule has 268 valence electrons. The number of hydrogen-bond acceptors (Lipinski definition) is 8. The standard InChI is InChI=1S/C31H44N2O5S.C6H6O3S/c1-5-8-12-29-30(27-23-25(32-39(4,35)36)15-18-28(27)38-29)31(34)24-13-16-26(17-14-24)37-22-11-21-33(19-9-6-2)20-10-7-3;7-10(8,9)6-4-2-1-3-5-6/h13-18,23,32H,5-12,19-22H2,1-4H3;1-5H,(H,7,8,9). The van der Waals surface area contributed by atoms with Crippen molar-refractivity contribution in [1.29, 1.82) is 0 Å². The summed E-state index contributed by atoms with van der Waals surface area (Å²) in [7, 11) is -7.45. The number of unbranched alkanes of at least 4 members (excludes halogenated alkanes) is 3. The minimum absolute atomic E-state index is 0.0741. The Morgan fingerprint density at radius 1 is 0.816 bits per heavy atom. The van der Waals surface area contributed by atoms with Gasteiger partial charge in [-0.3, -0.25) is 14.1 Å². The number of furan rings is 1. The number of ketones is 1. The molecule has 2 N–H and O–H groups in total. The summed E-state index contributed by atoms with van der Waals surface area (Å²) >= 11 is 0. The number of nitrogens with one attached hydrogen (secondary N) is 1. The van der Waals surface area contributed by atoms with E-state index in [4.69, 9.17) is 13.7 Å². The zero-order valence-electron chi connectivity index (χ0n) is 29.0. The first-order valence-corrected chi connectivity index (χ1v) is 20.2. The molecule has 12 heteroatoms. The smallest absolute Gasteiger partial charge is 0.294 e. The maximum Gasteiger partial charge on any atom is 0.294 e. The van der Waals surface area contributed by atoms with Gasteiger partial charge < -0.3 is 14.1 Å². The van der Waals surface area contributed by atoms with E-state index in [9.17, 15) is 21.6 Å². The van der Waals surface area contributed by atoms with Gasteiger partial charge in [-0.2, -0.15) is 8.42 Å². The highest BCUT2D eigenvalue weighted by molar-refractivity contribution is 7.92. The van der Waals surface area contributed by atoms with Gasteiger partial charge in [-0.25, -0.2) is 8.42 Å². The first-order valence-electron chi connectivity index (χ1n) is 16.9. The molecule has 0 aliphatic rings. The Bertz CT molecular complexity index is 1810. The predicted molar refractivity (Wildman–Crippen MR) is 196 cm³/mol. The summed E-state index contributed by atoms with van der Waals surface area (Å²) in [5.41, 5.74) is 1.99. The van der Waals surface area contributed by atoms with Crippen LogP contribution >= 0.6 is 0 Å². The zero-order chi connectivity index (χ0) is 35.9. The molecular weight excluding hydrogens is 665 g/mol. The van der Waals surface area contributed by atoms with Crippen LogP contribution in [0.2, 0.25) is 0 Å². The molecule has 0 aliphatic heterocycles. The number of aryl methyl sites for hydroxylation is 1. The van der Waals surface area contributed by atoms with Crippen LogP contribution in [0.3, 0.4) is 0 Å². The van der Waals surface area contributed by atoms with Crippen molar-refractivity contribution in [1.82, 2.24) is 4.90 Å². The van der Waals surface area contributed by atoms with E-state index in [2.05, 4.69) is 30.4 Å². The number of rotatable bonds is 19. The molecule has 4 rings (SSSR count). The molecule has 0 saturated heterocycles. The summed E-state index contributed by atoms with van der Waals surface area (Å²) in [6.45, 7) is 10.5. The molecule has 0 saturated carbocycles. The van der Waals surface area contributed by atoms with Crippen LogP contribution in [0.15, 0.2) is 82.1 Å². The van der Waals surface area contributed by atoms with Gasteiger partial charge in [0.1, 0.15) is 17.1 Å². The first kappa shape index (κ1) is 39.7. The average Bonchev–Trinajstić information content (AvgIpc) is 3.43. The topological polar surface area (TPSA) is 143 Å². The molecule has 3 aromatic carbocycles. The summed E-state index contributed by atoms with van der Waals surface area (Å²) in [5.74, 6) is 1.22. The second kappa shape index (κ2) is 19.5. The molecule has 0 aliphatic carbocycles. The normalized spacial score (nSPS) is 11.7. The van der Waals surface area contributed by atoms with Crippen molar-refractivity contribution in [2.24, 2.45) is 0 Å². The molecule has 0 bridgehead atoms. The van der Waals surface area contributed by atoms with Crippen molar-refractivity contribution in [3.63, 3.8) is 0 Å². The van der Waals surface area contributed by atoms with Gasteiger partial charge in [-0.1, -0.05) is 58.2 Å².